The second kappa shape index (κ2) is 4.89. The topological polar surface area (TPSA) is 117 Å². The third kappa shape index (κ3) is 2.20. The van der Waals surface area contributed by atoms with Gasteiger partial charge in [-0.15, -0.1) is 0 Å². The number of fused-ring (bicyclic) bond motifs is 1. The zero-order valence-electron chi connectivity index (χ0n) is 11.3. The van der Waals surface area contributed by atoms with Gasteiger partial charge in [-0.05, 0) is 12.5 Å². The Bertz CT molecular complexity index is 921. The Morgan fingerprint density at radius 3 is 2.81 bits per heavy atom. The van der Waals surface area contributed by atoms with Crippen molar-refractivity contribution in [3.63, 3.8) is 0 Å². The fourth-order valence-electron chi connectivity index (χ4n) is 2.17. The van der Waals surface area contributed by atoms with Gasteiger partial charge in [0, 0.05) is 18.3 Å². The van der Waals surface area contributed by atoms with Crippen molar-refractivity contribution in [2.75, 3.05) is 0 Å². The molecule has 108 valence electrons. The minimum absolute atomic E-state index is 0.00665. The maximum atomic E-state index is 11.9. The van der Waals surface area contributed by atoms with Crippen LogP contribution in [-0.4, -0.2) is 29.6 Å². The van der Waals surface area contributed by atoms with Crippen LogP contribution in [-0.2, 0) is 6.54 Å². The van der Waals surface area contributed by atoms with Gasteiger partial charge in [0.1, 0.15) is 17.1 Å². The predicted octanol–water partition coefficient (Wildman–Crippen LogP) is 0.590. The van der Waals surface area contributed by atoms with Crippen LogP contribution in [0.1, 0.15) is 13.3 Å². The molecule has 0 radical (unpaired) electrons. The van der Waals surface area contributed by atoms with Gasteiger partial charge in [-0.1, -0.05) is 6.92 Å². The van der Waals surface area contributed by atoms with Crippen molar-refractivity contribution < 1.29 is 5.11 Å². The van der Waals surface area contributed by atoms with Crippen LogP contribution in [0.15, 0.2) is 28.0 Å². The summed E-state index contributed by atoms with van der Waals surface area (Å²) in [7, 11) is 0. The van der Waals surface area contributed by atoms with Gasteiger partial charge in [-0.3, -0.25) is 19.3 Å². The summed E-state index contributed by atoms with van der Waals surface area (Å²) in [6.45, 7) is 2.38. The van der Waals surface area contributed by atoms with E-state index in [-0.39, 0.29) is 11.3 Å². The van der Waals surface area contributed by atoms with Gasteiger partial charge in [0.05, 0.1) is 6.20 Å². The summed E-state index contributed by atoms with van der Waals surface area (Å²) in [5.74, 6) is 0.363. The number of aromatic amines is 2. The first-order valence-electron chi connectivity index (χ1n) is 6.47. The molecule has 3 rings (SSSR count). The molecule has 0 aromatic carbocycles. The molecule has 0 fully saturated rings. The molecule has 0 unspecified atom stereocenters. The van der Waals surface area contributed by atoms with Crippen LogP contribution in [0.25, 0.3) is 22.6 Å². The highest BCUT2D eigenvalue weighted by molar-refractivity contribution is 5.75. The number of imidazole rings is 1. The van der Waals surface area contributed by atoms with E-state index in [0.717, 1.165) is 6.42 Å². The molecule has 0 amide bonds. The first-order chi connectivity index (χ1) is 10.1. The number of hydrogen-bond donors (Lipinski definition) is 3. The van der Waals surface area contributed by atoms with Crippen LogP contribution in [0, 0.1) is 0 Å². The molecule has 0 bridgehead atoms. The molecule has 0 atom stereocenters. The number of nitrogens with zero attached hydrogens (tertiary/aromatic N) is 3. The maximum absolute atomic E-state index is 11.9. The van der Waals surface area contributed by atoms with Crippen molar-refractivity contribution in [3.05, 3.63) is 39.3 Å². The molecule has 0 aliphatic rings. The molecule has 8 heteroatoms. The molecule has 3 heterocycles. The highest BCUT2D eigenvalue weighted by Crippen LogP contribution is 2.20. The molecule has 3 aromatic heterocycles. The Morgan fingerprint density at radius 2 is 2.10 bits per heavy atom. The van der Waals surface area contributed by atoms with Crippen molar-refractivity contribution in [2.45, 2.75) is 19.9 Å². The SMILES string of the molecule is CCCn1c(=O)[nH]c(=O)c2[nH]c(-c3cncc(O)c3)nc21. The Kier molecular flexibility index (Phi) is 3.05. The molecule has 3 aromatic rings. The third-order valence-corrected chi connectivity index (χ3v) is 3.08. The monoisotopic (exact) mass is 287 g/mol. The van der Waals surface area contributed by atoms with Crippen LogP contribution in [0.3, 0.4) is 0 Å². The van der Waals surface area contributed by atoms with Crippen LogP contribution in [0.2, 0.25) is 0 Å². The lowest BCUT2D eigenvalue weighted by Crippen LogP contribution is -2.30. The molecule has 8 nitrogen and oxygen atoms in total. The average molecular weight is 287 g/mol. The van der Waals surface area contributed by atoms with E-state index in [1.165, 1.54) is 23.0 Å². The molecule has 0 aliphatic heterocycles. The molecule has 0 spiro atoms. The van der Waals surface area contributed by atoms with E-state index in [9.17, 15) is 14.7 Å². The van der Waals surface area contributed by atoms with E-state index < -0.39 is 11.2 Å². The summed E-state index contributed by atoms with van der Waals surface area (Å²) in [5.41, 5.74) is 0.0436. The van der Waals surface area contributed by atoms with Gasteiger partial charge in [-0.25, -0.2) is 9.78 Å². The standard InChI is InChI=1S/C13H13N5O3/c1-2-3-18-11-9(12(20)17-13(18)21)15-10(16-11)7-4-8(19)6-14-5-7/h4-6,19H,2-3H2,1H3,(H,15,16)(H,17,20,21). The Hall–Kier alpha value is -2.90. The summed E-state index contributed by atoms with van der Waals surface area (Å²) < 4.78 is 1.41. The Balaban J connectivity index is 2.29. The number of H-pyrrole nitrogens is 2. The van der Waals surface area contributed by atoms with Gasteiger partial charge in [0.25, 0.3) is 5.56 Å². The van der Waals surface area contributed by atoms with E-state index in [0.29, 0.717) is 23.6 Å². The highest BCUT2D eigenvalue weighted by atomic mass is 16.3. The maximum Gasteiger partial charge on any atom is 0.330 e. The zero-order valence-corrected chi connectivity index (χ0v) is 11.3. The number of aromatic hydroxyl groups is 1. The summed E-state index contributed by atoms with van der Waals surface area (Å²) in [5, 5.41) is 9.46. The fraction of sp³-hybridized carbons (Fsp3) is 0.231. The summed E-state index contributed by atoms with van der Waals surface area (Å²) in [6.07, 6.45) is 3.54. The molecular formula is C13H13N5O3. The lowest BCUT2D eigenvalue weighted by molar-refractivity contribution is 0.473. The minimum Gasteiger partial charge on any atom is -0.506 e. The lowest BCUT2D eigenvalue weighted by Gasteiger charge is -2.02. The van der Waals surface area contributed by atoms with Gasteiger partial charge in [-0.2, -0.15) is 0 Å². The second-order valence-corrected chi connectivity index (χ2v) is 4.63. The van der Waals surface area contributed by atoms with Gasteiger partial charge >= 0.3 is 5.69 Å². The number of nitrogens with one attached hydrogen (secondary N) is 2. The van der Waals surface area contributed by atoms with E-state index in [2.05, 4.69) is 19.9 Å². The molecule has 3 N–H and O–H groups in total. The van der Waals surface area contributed by atoms with Crippen molar-refractivity contribution in [3.8, 4) is 17.1 Å². The highest BCUT2D eigenvalue weighted by Gasteiger charge is 2.13. The fourth-order valence-corrected chi connectivity index (χ4v) is 2.17. The normalized spacial score (nSPS) is 11.1. The number of hydrogen-bond acceptors (Lipinski definition) is 5. The minimum atomic E-state index is -0.519. The molecule has 21 heavy (non-hydrogen) atoms. The quantitative estimate of drug-likeness (QED) is 0.652. The van der Waals surface area contributed by atoms with E-state index in [1.54, 1.807) is 0 Å². The molecule has 0 saturated heterocycles. The van der Waals surface area contributed by atoms with Gasteiger partial charge in [0.2, 0.25) is 0 Å². The molecule has 0 saturated carbocycles. The smallest absolute Gasteiger partial charge is 0.330 e. The Morgan fingerprint density at radius 1 is 1.29 bits per heavy atom. The van der Waals surface area contributed by atoms with E-state index in [1.807, 2.05) is 6.92 Å². The van der Waals surface area contributed by atoms with Crippen molar-refractivity contribution in [1.29, 1.82) is 0 Å². The average Bonchev–Trinajstić information content (AvgIpc) is 2.89. The summed E-state index contributed by atoms with van der Waals surface area (Å²) in [6, 6.07) is 1.47. The van der Waals surface area contributed by atoms with E-state index >= 15 is 0 Å². The largest absolute Gasteiger partial charge is 0.506 e. The number of aromatic nitrogens is 5. The van der Waals surface area contributed by atoms with Gasteiger partial charge < -0.3 is 10.1 Å². The Labute approximate surface area is 118 Å². The zero-order chi connectivity index (χ0) is 15.0. The van der Waals surface area contributed by atoms with Crippen LogP contribution < -0.4 is 11.2 Å². The summed E-state index contributed by atoms with van der Waals surface area (Å²) >= 11 is 0. The second-order valence-electron chi connectivity index (χ2n) is 4.63. The van der Waals surface area contributed by atoms with Crippen LogP contribution in [0.5, 0.6) is 5.75 Å². The van der Waals surface area contributed by atoms with Crippen molar-refractivity contribution >= 4 is 11.2 Å². The first-order valence-corrected chi connectivity index (χ1v) is 6.47. The lowest BCUT2D eigenvalue weighted by atomic mass is 10.2. The predicted molar refractivity (Wildman–Crippen MR) is 76.2 cm³/mol. The van der Waals surface area contributed by atoms with Crippen molar-refractivity contribution in [1.82, 2.24) is 24.5 Å². The number of pyridine rings is 1. The van der Waals surface area contributed by atoms with Crippen molar-refractivity contribution in [2.24, 2.45) is 0 Å². The molecular weight excluding hydrogens is 274 g/mol. The third-order valence-electron chi connectivity index (χ3n) is 3.08. The van der Waals surface area contributed by atoms with Crippen LogP contribution >= 0.6 is 0 Å². The first kappa shape index (κ1) is 13.1. The van der Waals surface area contributed by atoms with Gasteiger partial charge in [0.15, 0.2) is 5.65 Å². The van der Waals surface area contributed by atoms with E-state index in [4.69, 9.17) is 0 Å². The number of aryl methyl sites for hydroxylation is 1. The summed E-state index contributed by atoms with van der Waals surface area (Å²) in [4.78, 5) is 37.0. The van der Waals surface area contributed by atoms with Crippen LogP contribution in [0.4, 0.5) is 0 Å². The number of rotatable bonds is 3. The molecule has 0 aliphatic carbocycles.